The lowest BCUT2D eigenvalue weighted by Crippen LogP contribution is -2.05. The summed E-state index contributed by atoms with van der Waals surface area (Å²) in [4.78, 5) is 12.3. The molecule has 0 N–H and O–H groups in total. The van der Waals surface area contributed by atoms with Crippen LogP contribution >= 0.6 is 0 Å². The molecule has 0 fully saturated rings. The van der Waals surface area contributed by atoms with Crippen molar-refractivity contribution in [1.82, 2.24) is 0 Å². The highest BCUT2D eigenvalue weighted by Crippen LogP contribution is 2.18. The van der Waals surface area contributed by atoms with E-state index in [2.05, 4.69) is 0 Å². The van der Waals surface area contributed by atoms with Crippen molar-refractivity contribution in [3.05, 3.63) is 83.9 Å². The van der Waals surface area contributed by atoms with Gasteiger partial charge in [-0.3, -0.25) is 4.79 Å². The average Bonchev–Trinajstić information content (AvgIpc) is 2.59. The Hall–Kier alpha value is -2.92. The summed E-state index contributed by atoms with van der Waals surface area (Å²) in [5.41, 5.74) is 1.39. The molecule has 0 unspecified atom stereocenters. The fourth-order valence-corrected chi connectivity index (χ4v) is 2.88. The van der Waals surface area contributed by atoms with E-state index in [9.17, 15) is 13.2 Å². The van der Waals surface area contributed by atoms with Crippen LogP contribution in [0.15, 0.2) is 72.8 Å². The first-order valence-corrected chi connectivity index (χ1v) is 9.43. The molecule has 0 atom stereocenters. The van der Waals surface area contributed by atoms with E-state index in [0.717, 1.165) is 22.6 Å². The van der Waals surface area contributed by atoms with Crippen LogP contribution < -0.4 is 4.18 Å². The fraction of sp³-hybridized carbons (Fsp3) is 0.0500. The first-order chi connectivity index (χ1) is 11.9. The number of carbonyl (C=O) groups excluding carboxylic acids is 1. The van der Waals surface area contributed by atoms with Gasteiger partial charge in [-0.25, -0.2) is 0 Å². The smallest absolute Gasteiger partial charge is 0.306 e. The van der Waals surface area contributed by atoms with Crippen molar-refractivity contribution in [2.75, 3.05) is 6.26 Å². The normalized spacial score (nSPS) is 11.7. The number of allylic oxidation sites excluding steroid dienone is 1. The molecule has 5 heteroatoms. The van der Waals surface area contributed by atoms with Crippen LogP contribution in [0.1, 0.15) is 15.9 Å². The van der Waals surface area contributed by atoms with E-state index in [0.29, 0.717) is 5.56 Å². The Labute approximate surface area is 146 Å². The number of hydrogen-bond acceptors (Lipinski definition) is 4. The Balaban J connectivity index is 1.75. The lowest BCUT2D eigenvalue weighted by molar-refractivity contribution is 0.104. The average molecular weight is 352 g/mol. The quantitative estimate of drug-likeness (QED) is 0.394. The maximum absolute atomic E-state index is 12.3. The van der Waals surface area contributed by atoms with Crippen molar-refractivity contribution in [2.45, 2.75) is 0 Å². The molecule has 0 amide bonds. The number of hydrogen-bond donors (Lipinski definition) is 0. The van der Waals surface area contributed by atoms with Crippen LogP contribution in [0.2, 0.25) is 0 Å². The standard InChI is InChI=1S/C20H16O4S/c1-25(22,23)24-19-11-6-15(7-12-19)8-13-20(21)18-10-9-16-4-2-3-5-17(16)14-18/h2-14H,1H3/b13-8+. The van der Waals surface area contributed by atoms with E-state index in [-0.39, 0.29) is 11.5 Å². The molecular formula is C20H16O4S. The van der Waals surface area contributed by atoms with Crippen LogP contribution in [-0.2, 0) is 10.1 Å². The molecule has 0 aromatic heterocycles. The van der Waals surface area contributed by atoms with Crippen LogP contribution in [0, 0.1) is 0 Å². The van der Waals surface area contributed by atoms with Crippen LogP contribution in [0.3, 0.4) is 0 Å². The van der Waals surface area contributed by atoms with E-state index >= 15 is 0 Å². The summed E-state index contributed by atoms with van der Waals surface area (Å²) < 4.78 is 26.9. The molecular weight excluding hydrogens is 336 g/mol. The number of rotatable bonds is 5. The van der Waals surface area contributed by atoms with Crippen LogP contribution in [0.5, 0.6) is 5.75 Å². The third kappa shape index (κ3) is 4.55. The summed E-state index contributed by atoms with van der Waals surface area (Å²) in [5.74, 6) is 0.141. The summed E-state index contributed by atoms with van der Waals surface area (Å²) in [7, 11) is -3.54. The van der Waals surface area contributed by atoms with Gasteiger partial charge in [0, 0.05) is 5.56 Å². The maximum Gasteiger partial charge on any atom is 0.306 e. The predicted molar refractivity (Wildman–Crippen MR) is 99.2 cm³/mol. The first-order valence-electron chi connectivity index (χ1n) is 7.61. The van der Waals surface area contributed by atoms with Gasteiger partial charge in [0.25, 0.3) is 0 Å². The summed E-state index contributed by atoms with van der Waals surface area (Å²) in [6, 6.07) is 19.9. The molecule has 0 bridgehead atoms. The molecule has 25 heavy (non-hydrogen) atoms. The van der Waals surface area contributed by atoms with Gasteiger partial charge in [-0.2, -0.15) is 8.42 Å². The SMILES string of the molecule is CS(=O)(=O)Oc1ccc(/C=C/C(=O)c2ccc3ccccc3c2)cc1. The number of fused-ring (bicyclic) bond motifs is 1. The summed E-state index contributed by atoms with van der Waals surface area (Å²) in [6.45, 7) is 0. The van der Waals surface area contributed by atoms with Gasteiger partial charge >= 0.3 is 10.1 Å². The van der Waals surface area contributed by atoms with Gasteiger partial charge in [-0.1, -0.05) is 54.6 Å². The van der Waals surface area contributed by atoms with E-state index in [4.69, 9.17) is 4.18 Å². The lowest BCUT2D eigenvalue weighted by Gasteiger charge is -2.02. The van der Waals surface area contributed by atoms with Gasteiger partial charge in [0.15, 0.2) is 5.78 Å². The number of ketones is 1. The molecule has 0 spiro atoms. The van der Waals surface area contributed by atoms with Crippen molar-refractivity contribution in [2.24, 2.45) is 0 Å². The summed E-state index contributed by atoms with van der Waals surface area (Å²) in [5, 5.41) is 2.11. The second-order valence-corrected chi connectivity index (χ2v) is 7.19. The fourth-order valence-electron chi connectivity index (χ4n) is 2.42. The van der Waals surface area contributed by atoms with E-state index in [1.807, 2.05) is 36.4 Å². The van der Waals surface area contributed by atoms with Crippen LogP contribution in [0.25, 0.3) is 16.8 Å². The van der Waals surface area contributed by atoms with Gasteiger partial charge in [-0.05, 0) is 40.6 Å². The molecule has 0 aliphatic rings. The summed E-state index contributed by atoms with van der Waals surface area (Å²) in [6.07, 6.45) is 4.17. The number of carbonyl (C=O) groups is 1. The van der Waals surface area contributed by atoms with Crippen molar-refractivity contribution < 1.29 is 17.4 Å². The Kier molecular flexibility index (Phi) is 4.67. The molecule has 3 aromatic rings. The Morgan fingerprint density at radius 2 is 1.60 bits per heavy atom. The third-order valence-corrected chi connectivity index (χ3v) is 4.08. The minimum Gasteiger partial charge on any atom is -0.383 e. The highest BCUT2D eigenvalue weighted by atomic mass is 32.2. The molecule has 3 rings (SSSR count). The van der Waals surface area contributed by atoms with Crippen LogP contribution in [0.4, 0.5) is 0 Å². The first kappa shape index (κ1) is 16.9. The largest absolute Gasteiger partial charge is 0.383 e. The number of benzene rings is 3. The molecule has 126 valence electrons. The van der Waals surface area contributed by atoms with Gasteiger partial charge < -0.3 is 4.18 Å². The molecule has 3 aromatic carbocycles. The van der Waals surface area contributed by atoms with Crippen molar-refractivity contribution in [3.8, 4) is 5.75 Å². The molecule has 0 saturated carbocycles. The second kappa shape index (κ2) is 6.91. The minimum atomic E-state index is -3.54. The van der Waals surface area contributed by atoms with Gasteiger partial charge in [0.1, 0.15) is 5.75 Å². The molecule has 0 saturated heterocycles. The van der Waals surface area contributed by atoms with Crippen molar-refractivity contribution in [1.29, 1.82) is 0 Å². The topological polar surface area (TPSA) is 60.4 Å². The van der Waals surface area contributed by atoms with Crippen molar-refractivity contribution >= 4 is 32.7 Å². The molecule has 0 aliphatic carbocycles. The zero-order valence-corrected chi connectivity index (χ0v) is 14.4. The minimum absolute atomic E-state index is 0.0952. The third-order valence-electron chi connectivity index (χ3n) is 3.59. The Bertz CT molecular complexity index is 1050. The van der Waals surface area contributed by atoms with Gasteiger partial charge in [-0.15, -0.1) is 0 Å². The van der Waals surface area contributed by atoms with Crippen molar-refractivity contribution in [3.63, 3.8) is 0 Å². The zero-order valence-electron chi connectivity index (χ0n) is 13.5. The molecule has 0 aliphatic heterocycles. The van der Waals surface area contributed by atoms with E-state index < -0.39 is 10.1 Å². The summed E-state index contributed by atoms with van der Waals surface area (Å²) >= 11 is 0. The van der Waals surface area contributed by atoms with E-state index in [1.54, 1.807) is 36.4 Å². The van der Waals surface area contributed by atoms with E-state index in [1.165, 1.54) is 6.08 Å². The maximum atomic E-state index is 12.3. The van der Waals surface area contributed by atoms with Gasteiger partial charge in [0.05, 0.1) is 6.26 Å². The highest BCUT2D eigenvalue weighted by Gasteiger charge is 2.05. The predicted octanol–water partition coefficient (Wildman–Crippen LogP) is 4.07. The molecule has 0 heterocycles. The molecule has 0 radical (unpaired) electrons. The van der Waals surface area contributed by atoms with Crippen LogP contribution in [-0.4, -0.2) is 20.5 Å². The molecule has 4 nitrogen and oxygen atoms in total. The monoisotopic (exact) mass is 352 g/mol. The van der Waals surface area contributed by atoms with Gasteiger partial charge in [0.2, 0.25) is 0 Å². The lowest BCUT2D eigenvalue weighted by atomic mass is 10.0. The highest BCUT2D eigenvalue weighted by molar-refractivity contribution is 7.86. The second-order valence-electron chi connectivity index (χ2n) is 5.62. The Morgan fingerprint density at radius 3 is 2.28 bits per heavy atom. The Morgan fingerprint density at radius 1 is 0.920 bits per heavy atom. The zero-order chi connectivity index (χ0) is 17.9.